The Kier molecular flexibility index (Phi) is 5.93. The third-order valence-corrected chi connectivity index (χ3v) is 6.12. The fraction of sp³-hybridized carbons (Fsp3) is 0.450. The van der Waals surface area contributed by atoms with Crippen molar-refractivity contribution in [1.29, 1.82) is 0 Å². The molecule has 1 fully saturated rings. The van der Waals surface area contributed by atoms with Gasteiger partial charge in [0.2, 0.25) is 23.5 Å². The van der Waals surface area contributed by atoms with Gasteiger partial charge in [0.1, 0.15) is 5.76 Å². The highest BCUT2D eigenvalue weighted by molar-refractivity contribution is 7.13. The van der Waals surface area contributed by atoms with E-state index in [0.717, 1.165) is 16.1 Å². The molecule has 0 atom stereocenters. The van der Waals surface area contributed by atoms with E-state index >= 15 is 0 Å². The number of hydrogen-bond donors (Lipinski definition) is 0. The van der Waals surface area contributed by atoms with Crippen LogP contribution in [0.25, 0.3) is 10.7 Å². The number of aromatic nitrogens is 3. The van der Waals surface area contributed by atoms with Crippen molar-refractivity contribution in [2.75, 3.05) is 26.2 Å². The van der Waals surface area contributed by atoms with Crippen LogP contribution in [0.1, 0.15) is 29.3 Å². The molecule has 0 spiro atoms. The number of amides is 2. The minimum absolute atomic E-state index is 0.0310. The summed E-state index contributed by atoms with van der Waals surface area (Å²) in [5.74, 6) is 1.75. The number of piperazine rings is 1. The van der Waals surface area contributed by atoms with Gasteiger partial charge in [0.25, 0.3) is 0 Å². The number of nitrogens with zero attached hydrogens (tertiary/aromatic N) is 5. The molecule has 0 radical (unpaired) electrons. The number of rotatable bonds is 6. The third-order valence-electron chi connectivity index (χ3n) is 5.26. The fourth-order valence-electron chi connectivity index (χ4n) is 3.46. The molecule has 9 nitrogen and oxygen atoms in total. The van der Waals surface area contributed by atoms with Gasteiger partial charge in [-0.1, -0.05) is 16.4 Å². The molecule has 0 N–H and O–H groups in total. The molecule has 0 aliphatic carbocycles. The number of carbonyl (C=O) groups is 2. The van der Waals surface area contributed by atoms with Crippen molar-refractivity contribution in [3.63, 3.8) is 0 Å². The standard InChI is InChI=1S/C20H23N5O4S/c1-13-15(14(2)28-22-13)12-19(27)25-9-7-24(8-10-25)18(26)6-5-17-21-20(23-29-17)16-4-3-11-30-16/h3-4,11H,5-10,12H2,1-2H3. The quantitative estimate of drug-likeness (QED) is 0.592. The second kappa shape index (κ2) is 8.78. The van der Waals surface area contributed by atoms with E-state index in [2.05, 4.69) is 15.3 Å². The molecular weight excluding hydrogens is 406 g/mol. The van der Waals surface area contributed by atoms with E-state index in [1.165, 1.54) is 0 Å². The first-order chi connectivity index (χ1) is 14.5. The van der Waals surface area contributed by atoms with Crippen LogP contribution in [0.2, 0.25) is 0 Å². The lowest BCUT2D eigenvalue weighted by Crippen LogP contribution is -2.51. The summed E-state index contributed by atoms with van der Waals surface area (Å²) in [6, 6.07) is 3.86. The Morgan fingerprint density at radius 1 is 1.07 bits per heavy atom. The second-order valence-electron chi connectivity index (χ2n) is 7.23. The Balaban J connectivity index is 1.24. The highest BCUT2D eigenvalue weighted by atomic mass is 32.1. The summed E-state index contributed by atoms with van der Waals surface area (Å²) >= 11 is 1.54. The number of hydrogen-bond acceptors (Lipinski definition) is 8. The number of thiophene rings is 1. The third kappa shape index (κ3) is 4.43. The molecule has 158 valence electrons. The van der Waals surface area contributed by atoms with Crippen LogP contribution in [0.3, 0.4) is 0 Å². The predicted octanol–water partition coefficient (Wildman–Crippen LogP) is 2.25. The topological polar surface area (TPSA) is 106 Å². The lowest BCUT2D eigenvalue weighted by atomic mass is 10.1. The Bertz CT molecular complexity index is 999. The largest absolute Gasteiger partial charge is 0.361 e. The molecule has 0 bridgehead atoms. The SMILES string of the molecule is Cc1noc(C)c1CC(=O)N1CCN(C(=O)CCc2nc(-c3cccs3)no2)CC1. The van der Waals surface area contributed by atoms with Gasteiger partial charge >= 0.3 is 0 Å². The Morgan fingerprint density at radius 2 is 1.80 bits per heavy atom. The van der Waals surface area contributed by atoms with Crippen LogP contribution in [0.4, 0.5) is 0 Å². The highest BCUT2D eigenvalue weighted by Crippen LogP contribution is 2.21. The van der Waals surface area contributed by atoms with Gasteiger partial charge in [-0.2, -0.15) is 4.98 Å². The van der Waals surface area contributed by atoms with Gasteiger partial charge in [0, 0.05) is 44.6 Å². The molecule has 0 aromatic carbocycles. The van der Waals surface area contributed by atoms with Crippen molar-refractivity contribution in [2.45, 2.75) is 33.1 Å². The van der Waals surface area contributed by atoms with Crippen LogP contribution in [0.15, 0.2) is 26.6 Å². The summed E-state index contributed by atoms with van der Waals surface area (Å²) in [5, 5.41) is 9.81. The molecule has 10 heteroatoms. The molecule has 0 saturated carbocycles. The molecular formula is C20H23N5O4S. The molecule has 1 saturated heterocycles. The molecule has 1 aliphatic heterocycles. The molecule has 3 aromatic heterocycles. The Hall–Kier alpha value is -3.01. The zero-order chi connectivity index (χ0) is 21.1. The molecule has 4 heterocycles. The molecule has 3 aromatic rings. The summed E-state index contributed by atoms with van der Waals surface area (Å²) in [6.07, 6.45) is 0.986. The van der Waals surface area contributed by atoms with Crippen molar-refractivity contribution in [3.8, 4) is 10.7 Å². The van der Waals surface area contributed by atoms with Crippen LogP contribution in [0, 0.1) is 13.8 Å². The van der Waals surface area contributed by atoms with Crippen molar-refractivity contribution in [1.82, 2.24) is 25.1 Å². The molecule has 0 unspecified atom stereocenters. The predicted molar refractivity (Wildman–Crippen MR) is 109 cm³/mol. The van der Waals surface area contributed by atoms with Gasteiger partial charge in [-0.05, 0) is 25.3 Å². The van der Waals surface area contributed by atoms with Crippen molar-refractivity contribution < 1.29 is 18.6 Å². The van der Waals surface area contributed by atoms with E-state index in [9.17, 15) is 9.59 Å². The van der Waals surface area contributed by atoms with E-state index in [0.29, 0.717) is 56.5 Å². The van der Waals surface area contributed by atoms with Gasteiger partial charge < -0.3 is 18.8 Å². The van der Waals surface area contributed by atoms with Gasteiger partial charge in [0.05, 0.1) is 17.0 Å². The van der Waals surface area contributed by atoms with Crippen molar-refractivity contribution in [3.05, 3.63) is 40.4 Å². The van der Waals surface area contributed by atoms with Crippen LogP contribution in [0.5, 0.6) is 0 Å². The lowest BCUT2D eigenvalue weighted by Gasteiger charge is -2.34. The molecule has 30 heavy (non-hydrogen) atoms. The molecule has 4 rings (SSSR count). The van der Waals surface area contributed by atoms with Gasteiger partial charge in [-0.15, -0.1) is 11.3 Å². The minimum atomic E-state index is 0.0310. The molecule has 1 aliphatic rings. The maximum Gasteiger partial charge on any atom is 0.227 e. The highest BCUT2D eigenvalue weighted by Gasteiger charge is 2.25. The Morgan fingerprint density at radius 3 is 2.43 bits per heavy atom. The van der Waals surface area contributed by atoms with Crippen LogP contribution in [-0.2, 0) is 22.4 Å². The maximum absolute atomic E-state index is 12.6. The Labute approximate surface area is 177 Å². The van der Waals surface area contributed by atoms with Gasteiger partial charge in [-0.3, -0.25) is 9.59 Å². The summed E-state index contributed by atoms with van der Waals surface area (Å²) in [7, 11) is 0. The fourth-order valence-corrected chi connectivity index (χ4v) is 4.11. The average Bonchev–Trinajstić information content (AvgIpc) is 3.50. The summed E-state index contributed by atoms with van der Waals surface area (Å²) in [4.78, 5) is 34.0. The molecule has 2 amide bonds. The first-order valence-electron chi connectivity index (χ1n) is 9.85. The van der Waals surface area contributed by atoms with Crippen molar-refractivity contribution in [2.24, 2.45) is 0 Å². The van der Waals surface area contributed by atoms with E-state index in [-0.39, 0.29) is 18.2 Å². The average molecular weight is 430 g/mol. The lowest BCUT2D eigenvalue weighted by molar-refractivity contribution is -0.139. The zero-order valence-electron chi connectivity index (χ0n) is 17.0. The van der Waals surface area contributed by atoms with Crippen LogP contribution in [-0.4, -0.2) is 63.1 Å². The minimum Gasteiger partial charge on any atom is -0.361 e. The van der Waals surface area contributed by atoms with Crippen LogP contribution < -0.4 is 0 Å². The first kappa shape index (κ1) is 20.3. The monoisotopic (exact) mass is 429 g/mol. The summed E-state index contributed by atoms with van der Waals surface area (Å²) < 4.78 is 10.4. The number of carbonyl (C=O) groups excluding carboxylic acids is 2. The summed E-state index contributed by atoms with van der Waals surface area (Å²) in [6.45, 7) is 5.75. The van der Waals surface area contributed by atoms with Crippen LogP contribution >= 0.6 is 11.3 Å². The number of aryl methyl sites for hydroxylation is 3. The van der Waals surface area contributed by atoms with E-state index < -0.39 is 0 Å². The van der Waals surface area contributed by atoms with Crippen molar-refractivity contribution >= 4 is 23.2 Å². The van der Waals surface area contributed by atoms with Gasteiger partial charge in [-0.25, -0.2) is 0 Å². The second-order valence-corrected chi connectivity index (χ2v) is 8.18. The summed E-state index contributed by atoms with van der Waals surface area (Å²) in [5.41, 5.74) is 1.60. The van der Waals surface area contributed by atoms with E-state index in [1.54, 1.807) is 21.1 Å². The zero-order valence-corrected chi connectivity index (χ0v) is 17.8. The normalized spacial score (nSPS) is 14.3. The smallest absolute Gasteiger partial charge is 0.227 e. The maximum atomic E-state index is 12.6. The van der Waals surface area contributed by atoms with E-state index in [1.807, 2.05) is 31.4 Å². The van der Waals surface area contributed by atoms with E-state index in [4.69, 9.17) is 9.05 Å². The first-order valence-corrected chi connectivity index (χ1v) is 10.7. The van der Waals surface area contributed by atoms with Gasteiger partial charge in [0.15, 0.2) is 0 Å².